The molecule has 0 atom stereocenters. The van der Waals surface area contributed by atoms with E-state index in [0.29, 0.717) is 12.0 Å². The second kappa shape index (κ2) is 6.19. The van der Waals surface area contributed by atoms with Gasteiger partial charge in [0.2, 0.25) is 0 Å². The molecule has 0 fully saturated rings. The summed E-state index contributed by atoms with van der Waals surface area (Å²) in [7, 11) is 3.78. The predicted molar refractivity (Wildman–Crippen MR) is 69.9 cm³/mol. The smallest absolute Gasteiger partial charge is 0.342 e. The molecule has 0 radical (unpaired) electrons. The van der Waals surface area contributed by atoms with Crippen molar-refractivity contribution in [2.75, 3.05) is 20.7 Å². The van der Waals surface area contributed by atoms with E-state index >= 15 is 0 Å². The molecular weight excluding hydrogens is 230 g/mol. The Balaban J connectivity index is 3.12. The van der Waals surface area contributed by atoms with Crippen molar-refractivity contribution in [3.63, 3.8) is 0 Å². The summed E-state index contributed by atoms with van der Waals surface area (Å²) >= 11 is 0. The fraction of sp³-hybridized carbons (Fsp3) is 0.429. The van der Waals surface area contributed by atoms with Gasteiger partial charge in [0.05, 0.1) is 6.61 Å². The van der Waals surface area contributed by atoms with Gasteiger partial charge in [-0.3, -0.25) is 4.79 Å². The van der Waals surface area contributed by atoms with E-state index in [2.05, 4.69) is 0 Å². The molecule has 4 nitrogen and oxygen atoms in total. The number of esters is 1. The highest BCUT2D eigenvalue weighted by atomic mass is 16.5. The summed E-state index contributed by atoms with van der Waals surface area (Å²) in [5.41, 5.74) is 1.58. The normalized spacial score (nSPS) is 17.3. The fourth-order valence-electron chi connectivity index (χ4n) is 1.71. The van der Waals surface area contributed by atoms with Crippen molar-refractivity contribution in [2.24, 2.45) is 0 Å². The van der Waals surface area contributed by atoms with Crippen LogP contribution in [0.2, 0.25) is 0 Å². The van der Waals surface area contributed by atoms with Crippen LogP contribution in [0.1, 0.15) is 20.3 Å². The number of allylic oxidation sites excluding steroid dienone is 4. The van der Waals surface area contributed by atoms with Crippen molar-refractivity contribution in [1.82, 2.24) is 4.90 Å². The van der Waals surface area contributed by atoms with E-state index in [-0.39, 0.29) is 18.0 Å². The molecule has 0 heterocycles. The summed E-state index contributed by atoms with van der Waals surface area (Å²) in [4.78, 5) is 25.6. The molecule has 0 aromatic rings. The summed E-state index contributed by atoms with van der Waals surface area (Å²) in [6, 6.07) is 0. The van der Waals surface area contributed by atoms with Crippen molar-refractivity contribution in [1.29, 1.82) is 0 Å². The molecule has 98 valence electrons. The molecule has 1 aliphatic rings. The maximum absolute atomic E-state index is 12.0. The van der Waals surface area contributed by atoms with Gasteiger partial charge in [0.1, 0.15) is 5.57 Å². The molecule has 4 heteroatoms. The number of ether oxygens (including phenoxy) is 1. The second-order valence-electron chi connectivity index (χ2n) is 4.22. The maximum atomic E-state index is 12.0. The minimum absolute atomic E-state index is 0.115. The van der Waals surface area contributed by atoms with Crippen LogP contribution < -0.4 is 0 Å². The standard InChI is InChI=1S/C14H19NO3/c1-5-11-7-10(9-15(3)4)8-12(13(11)16)14(17)18-6-2/h7-9H,5-6H2,1-4H3/b10-9-. The zero-order valence-electron chi connectivity index (χ0n) is 11.3. The quantitative estimate of drug-likeness (QED) is 0.563. The molecule has 0 saturated carbocycles. The Bertz CT molecular complexity index is 442. The Morgan fingerprint density at radius 3 is 2.50 bits per heavy atom. The third-order valence-corrected chi connectivity index (χ3v) is 2.47. The Hall–Kier alpha value is -1.84. The lowest BCUT2D eigenvalue weighted by molar-refractivity contribution is -0.139. The summed E-state index contributed by atoms with van der Waals surface area (Å²) in [5, 5.41) is 0. The van der Waals surface area contributed by atoms with E-state index in [0.717, 1.165) is 5.57 Å². The number of carbonyl (C=O) groups excluding carboxylic acids is 2. The van der Waals surface area contributed by atoms with Crippen LogP contribution in [0.5, 0.6) is 0 Å². The van der Waals surface area contributed by atoms with Crippen LogP contribution >= 0.6 is 0 Å². The average Bonchev–Trinajstić information content (AvgIpc) is 2.30. The highest BCUT2D eigenvalue weighted by Gasteiger charge is 2.25. The van der Waals surface area contributed by atoms with E-state index in [1.54, 1.807) is 13.0 Å². The lowest BCUT2D eigenvalue weighted by Gasteiger charge is -2.15. The fourth-order valence-corrected chi connectivity index (χ4v) is 1.71. The Kier molecular flexibility index (Phi) is 4.89. The van der Waals surface area contributed by atoms with Crippen molar-refractivity contribution < 1.29 is 14.3 Å². The number of carbonyl (C=O) groups is 2. The minimum Gasteiger partial charge on any atom is -0.462 e. The van der Waals surface area contributed by atoms with Gasteiger partial charge in [-0.05, 0) is 31.1 Å². The first-order valence-electron chi connectivity index (χ1n) is 6.01. The van der Waals surface area contributed by atoms with Gasteiger partial charge < -0.3 is 9.64 Å². The third-order valence-electron chi connectivity index (χ3n) is 2.47. The second-order valence-corrected chi connectivity index (χ2v) is 4.22. The highest BCUT2D eigenvalue weighted by Crippen LogP contribution is 2.22. The van der Waals surface area contributed by atoms with Crippen LogP contribution in [0.15, 0.2) is 35.1 Å². The maximum Gasteiger partial charge on any atom is 0.342 e. The summed E-state index contributed by atoms with van der Waals surface area (Å²) < 4.78 is 4.90. The van der Waals surface area contributed by atoms with Gasteiger partial charge in [0.15, 0.2) is 5.78 Å². The lowest BCUT2D eigenvalue weighted by Crippen LogP contribution is -2.20. The summed E-state index contributed by atoms with van der Waals surface area (Å²) in [5.74, 6) is -0.780. The largest absolute Gasteiger partial charge is 0.462 e. The van der Waals surface area contributed by atoms with Crippen LogP contribution in [0, 0.1) is 0 Å². The highest BCUT2D eigenvalue weighted by molar-refractivity contribution is 6.25. The number of Topliss-reactive ketones (excluding diaryl/α,β-unsaturated/α-hetero) is 1. The van der Waals surface area contributed by atoms with Crippen molar-refractivity contribution in [3.8, 4) is 0 Å². The molecule has 0 aromatic carbocycles. The molecule has 0 unspecified atom stereocenters. The van der Waals surface area contributed by atoms with Gasteiger partial charge in [-0.15, -0.1) is 0 Å². The number of nitrogens with zero attached hydrogens (tertiary/aromatic N) is 1. The Labute approximate surface area is 108 Å². The van der Waals surface area contributed by atoms with Gasteiger partial charge in [-0.2, -0.15) is 0 Å². The molecule has 0 saturated heterocycles. The minimum atomic E-state index is -0.550. The first-order chi connectivity index (χ1) is 8.49. The molecular formula is C14H19NO3. The average molecular weight is 249 g/mol. The predicted octanol–water partition coefficient (Wildman–Crippen LogP) is 1.84. The molecule has 1 rings (SSSR count). The first-order valence-corrected chi connectivity index (χ1v) is 6.01. The van der Waals surface area contributed by atoms with Crippen LogP contribution in [0.3, 0.4) is 0 Å². The van der Waals surface area contributed by atoms with Gasteiger partial charge in [-0.1, -0.05) is 6.92 Å². The van der Waals surface area contributed by atoms with Crippen LogP contribution in [-0.2, 0) is 14.3 Å². The molecule has 0 spiro atoms. The van der Waals surface area contributed by atoms with Crippen molar-refractivity contribution in [3.05, 3.63) is 35.1 Å². The summed E-state index contributed by atoms with van der Waals surface area (Å²) in [6.45, 7) is 3.88. The molecule has 18 heavy (non-hydrogen) atoms. The third kappa shape index (κ3) is 3.32. The van der Waals surface area contributed by atoms with E-state index in [1.807, 2.05) is 38.2 Å². The Morgan fingerprint density at radius 1 is 1.33 bits per heavy atom. The monoisotopic (exact) mass is 249 g/mol. The number of hydrogen-bond donors (Lipinski definition) is 0. The van der Waals surface area contributed by atoms with E-state index in [4.69, 9.17) is 4.74 Å². The van der Waals surface area contributed by atoms with Crippen molar-refractivity contribution >= 4 is 11.8 Å². The summed E-state index contributed by atoms with van der Waals surface area (Å²) in [6.07, 6.45) is 5.85. The van der Waals surface area contributed by atoms with Crippen LogP contribution in [0.4, 0.5) is 0 Å². The van der Waals surface area contributed by atoms with E-state index in [9.17, 15) is 9.59 Å². The van der Waals surface area contributed by atoms with Gasteiger partial charge in [0.25, 0.3) is 0 Å². The van der Waals surface area contributed by atoms with Crippen molar-refractivity contribution in [2.45, 2.75) is 20.3 Å². The Morgan fingerprint density at radius 2 is 2.00 bits per heavy atom. The zero-order chi connectivity index (χ0) is 13.7. The molecule has 0 bridgehead atoms. The SMILES string of the molecule is CCOC(=O)C1=C/C(=C\N(C)C)C=C(CC)C1=O. The molecule has 0 aromatic heterocycles. The van der Waals surface area contributed by atoms with E-state index < -0.39 is 5.97 Å². The zero-order valence-corrected chi connectivity index (χ0v) is 11.3. The van der Waals surface area contributed by atoms with Crippen LogP contribution in [0.25, 0.3) is 0 Å². The van der Waals surface area contributed by atoms with Gasteiger partial charge in [-0.25, -0.2) is 4.79 Å². The van der Waals surface area contributed by atoms with Gasteiger partial charge >= 0.3 is 5.97 Å². The number of ketones is 1. The molecule has 0 aliphatic heterocycles. The number of hydrogen-bond acceptors (Lipinski definition) is 4. The lowest BCUT2D eigenvalue weighted by atomic mass is 9.92. The van der Waals surface area contributed by atoms with E-state index in [1.165, 1.54) is 0 Å². The molecule has 1 aliphatic carbocycles. The number of rotatable bonds is 4. The van der Waals surface area contributed by atoms with Crippen LogP contribution in [-0.4, -0.2) is 37.4 Å². The van der Waals surface area contributed by atoms with Gasteiger partial charge in [0, 0.05) is 25.9 Å². The molecule has 0 amide bonds. The first kappa shape index (κ1) is 14.2. The topological polar surface area (TPSA) is 46.6 Å². The molecule has 0 N–H and O–H groups in total.